The Morgan fingerprint density at radius 3 is 2.53 bits per heavy atom. The van der Waals surface area contributed by atoms with Crippen LogP contribution in [0.25, 0.3) is 10.9 Å². The first-order chi connectivity index (χ1) is 14.5. The summed E-state index contributed by atoms with van der Waals surface area (Å²) in [7, 11) is 0. The molecule has 7 heteroatoms. The van der Waals surface area contributed by atoms with Gasteiger partial charge in [-0.2, -0.15) is 0 Å². The van der Waals surface area contributed by atoms with Crippen LogP contribution in [0.2, 0.25) is 0 Å². The molecule has 0 amide bonds. The Hall–Kier alpha value is -3.19. The second-order valence-corrected chi connectivity index (χ2v) is 6.83. The topological polar surface area (TPSA) is 90.7 Å². The van der Waals surface area contributed by atoms with E-state index in [1.54, 1.807) is 29.7 Å². The molecule has 0 unspecified atom stereocenters. The van der Waals surface area contributed by atoms with Gasteiger partial charge in [0.1, 0.15) is 18.2 Å². The molecule has 0 saturated heterocycles. The minimum atomic E-state index is -0.974. The highest BCUT2D eigenvalue weighted by Crippen LogP contribution is 2.15. The molecule has 3 rings (SSSR count). The molecule has 0 radical (unpaired) electrons. The maximum absolute atomic E-state index is 12.8. The highest BCUT2D eigenvalue weighted by Gasteiger charge is 2.17. The van der Waals surface area contributed by atoms with Crippen LogP contribution in [0.1, 0.15) is 25.2 Å². The van der Waals surface area contributed by atoms with E-state index in [9.17, 15) is 14.7 Å². The summed E-state index contributed by atoms with van der Waals surface area (Å²) in [5.74, 6) is 0.411. The number of fused-ring (bicyclic) bond motifs is 1. The van der Waals surface area contributed by atoms with Gasteiger partial charge in [0.05, 0.1) is 17.4 Å². The molecule has 0 bridgehead atoms. The van der Waals surface area contributed by atoms with Crippen LogP contribution >= 0.6 is 0 Å². The molecular weight excluding hydrogens is 384 g/mol. The van der Waals surface area contributed by atoms with E-state index in [1.165, 1.54) is 0 Å². The lowest BCUT2D eigenvalue weighted by molar-refractivity contribution is -0.149. The van der Waals surface area contributed by atoms with Gasteiger partial charge in [-0.3, -0.25) is 9.36 Å². The number of para-hydroxylation sites is 1. The molecule has 0 fully saturated rings. The van der Waals surface area contributed by atoms with Crippen molar-refractivity contribution in [3.05, 3.63) is 70.3 Å². The van der Waals surface area contributed by atoms with E-state index < -0.39 is 12.1 Å². The van der Waals surface area contributed by atoms with E-state index >= 15 is 0 Å². The van der Waals surface area contributed by atoms with Gasteiger partial charge in [-0.1, -0.05) is 31.2 Å². The number of hydrogen-bond acceptors (Lipinski definition) is 5. The molecule has 1 atom stereocenters. The number of ether oxygens (including phenoxy) is 2. The zero-order chi connectivity index (χ0) is 21.5. The molecule has 7 nitrogen and oxygen atoms in total. The van der Waals surface area contributed by atoms with E-state index in [1.807, 2.05) is 37.3 Å². The van der Waals surface area contributed by atoms with Crippen molar-refractivity contribution in [1.82, 2.24) is 9.55 Å². The summed E-state index contributed by atoms with van der Waals surface area (Å²) in [6.45, 7) is 4.81. The molecule has 1 aromatic heterocycles. The summed E-state index contributed by atoms with van der Waals surface area (Å²) in [6, 6.07) is 14.6. The maximum atomic E-state index is 12.8. The van der Waals surface area contributed by atoms with E-state index in [4.69, 9.17) is 9.47 Å². The first kappa shape index (κ1) is 21.5. The Labute approximate surface area is 174 Å². The first-order valence-corrected chi connectivity index (χ1v) is 10.1. The number of nitrogens with zero attached hydrogens (tertiary/aromatic N) is 2. The molecule has 0 saturated carbocycles. The molecule has 158 valence electrons. The van der Waals surface area contributed by atoms with Crippen LogP contribution in [0.5, 0.6) is 5.75 Å². The zero-order valence-electron chi connectivity index (χ0n) is 17.2. The summed E-state index contributed by atoms with van der Waals surface area (Å²) in [5, 5.41) is 9.79. The van der Waals surface area contributed by atoms with Crippen molar-refractivity contribution in [2.24, 2.45) is 0 Å². The van der Waals surface area contributed by atoms with Crippen LogP contribution < -0.4 is 10.3 Å². The van der Waals surface area contributed by atoms with Crippen LogP contribution in [-0.4, -0.2) is 39.9 Å². The number of hydrogen-bond donors (Lipinski definition) is 1. The van der Waals surface area contributed by atoms with Crippen molar-refractivity contribution < 1.29 is 19.4 Å². The van der Waals surface area contributed by atoms with Gasteiger partial charge in [-0.05, 0) is 36.8 Å². The van der Waals surface area contributed by atoms with Crippen LogP contribution in [0.15, 0.2) is 53.3 Å². The molecule has 3 aromatic rings. The Kier molecular flexibility index (Phi) is 7.19. The van der Waals surface area contributed by atoms with Crippen molar-refractivity contribution >= 4 is 16.9 Å². The van der Waals surface area contributed by atoms with Gasteiger partial charge in [-0.15, -0.1) is 0 Å². The van der Waals surface area contributed by atoms with Gasteiger partial charge < -0.3 is 14.6 Å². The average molecular weight is 410 g/mol. The predicted molar refractivity (Wildman–Crippen MR) is 114 cm³/mol. The standard InChI is InChI=1S/C23H26N2O5/c1-3-21-24-19-8-6-5-7-18(19)22(26)25(21)13-14-30-17-11-9-16(10-12-17)15-20(23(27)28)29-4-2/h5-12,20H,3-4,13-15H2,1-2H3,(H,27,28)/t20-/m1/s1. The minimum absolute atomic E-state index is 0.0629. The van der Waals surface area contributed by atoms with Crippen LogP contribution in [0.3, 0.4) is 0 Å². The number of carboxylic acids is 1. The molecule has 30 heavy (non-hydrogen) atoms. The Morgan fingerprint density at radius 1 is 1.13 bits per heavy atom. The lowest BCUT2D eigenvalue weighted by Gasteiger charge is -2.14. The van der Waals surface area contributed by atoms with Gasteiger partial charge in [-0.25, -0.2) is 9.78 Å². The first-order valence-electron chi connectivity index (χ1n) is 10.1. The summed E-state index contributed by atoms with van der Waals surface area (Å²) < 4.78 is 12.7. The lowest BCUT2D eigenvalue weighted by Crippen LogP contribution is -2.27. The molecule has 1 heterocycles. The molecule has 0 aliphatic heterocycles. The highest BCUT2D eigenvalue weighted by molar-refractivity contribution is 5.77. The Bertz CT molecular complexity index is 1060. The Balaban J connectivity index is 1.65. The summed E-state index contributed by atoms with van der Waals surface area (Å²) in [5.41, 5.74) is 1.50. The number of aryl methyl sites for hydroxylation is 1. The van der Waals surface area contributed by atoms with Gasteiger partial charge in [0.25, 0.3) is 5.56 Å². The second-order valence-electron chi connectivity index (χ2n) is 6.83. The minimum Gasteiger partial charge on any atom is -0.492 e. The summed E-state index contributed by atoms with van der Waals surface area (Å²) in [4.78, 5) is 28.6. The number of benzene rings is 2. The maximum Gasteiger partial charge on any atom is 0.333 e. The molecule has 2 aromatic carbocycles. The fourth-order valence-corrected chi connectivity index (χ4v) is 3.32. The third kappa shape index (κ3) is 5.04. The number of rotatable bonds is 10. The Morgan fingerprint density at radius 2 is 1.87 bits per heavy atom. The normalized spacial score (nSPS) is 12.1. The number of aliphatic carboxylic acids is 1. The zero-order valence-corrected chi connectivity index (χ0v) is 17.2. The van der Waals surface area contributed by atoms with Crippen molar-refractivity contribution in [3.8, 4) is 5.75 Å². The van der Waals surface area contributed by atoms with E-state index in [0.717, 1.165) is 11.4 Å². The molecule has 0 aliphatic rings. The SMILES string of the molecule is CCO[C@H](Cc1ccc(OCCn2c(CC)nc3ccccc3c2=O)cc1)C(=O)O. The largest absolute Gasteiger partial charge is 0.492 e. The molecule has 1 N–H and O–H groups in total. The number of carboxylic acid groups (broad SMARTS) is 1. The third-order valence-corrected chi connectivity index (χ3v) is 4.83. The van der Waals surface area contributed by atoms with E-state index in [0.29, 0.717) is 49.3 Å². The third-order valence-electron chi connectivity index (χ3n) is 4.83. The van der Waals surface area contributed by atoms with Crippen molar-refractivity contribution in [2.45, 2.75) is 39.3 Å². The van der Waals surface area contributed by atoms with Gasteiger partial charge >= 0.3 is 5.97 Å². The average Bonchev–Trinajstić information content (AvgIpc) is 2.75. The summed E-state index contributed by atoms with van der Waals surface area (Å²) >= 11 is 0. The van der Waals surface area contributed by atoms with Crippen LogP contribution in [0, 0.1) is 0 Å². The van der Waals surface area contributed by atoms with E-state index in [-0.39, 0.29) is 5.56 Å². The lowest BCUT2D eigenvalue weighted by atomic mass is 10.1. The van der Waals surface area contributed by atoms with Gasteiger partial charge in [0, 0.05) is 19.4 Å². The number of aromatic nitrogens is 2. The fourth-order valence-electron chi connectivity index (χ4n) is 3.32. The van der Waals surface area contributed by atoms with Gasteiger partial charge in [0.2, 0.25) is 0 Å². The smallest absolute Gasteiger partial charge is 0.333 e. The van der Waals surface area contributed by atoms with Crippen molar-refractivity contribution in [3.63, 3.8) is 0 Å². The molecule has 0 aliphatic carbocycles. The van der Waals surface area contributed by atoms with Crippen LogP contribution in [0.4, 0.5) is 0 Å². The fraction of sp³-hybridized carbons (Fsp3) is 0.348. The predicted octanol–water partition coefficient (Wildman–Crippen LogP) is 3.07. The quantitative estimate of drug-likeness (QED) is 0.552. The van der Waals surface area contributed by atoms with Gasteiger partial charge in [0.15, 0.2) is 6.10 Å². The molecular formula is C23H26N2O5. The number of carbonyl (C=O) groups is 1. The van der Waals surface area contributed by atoms with Crippen molar-refractivity contribution in [1.29, 1.82) is 0 Å². The second kappa shape index (κ2) is 10.0. The highest BCUT2D eigenvalue weighted by atomic mass is 16.5. The molecule has 0 spiro atoms. The monoisotopic (exact) mass is 410 g/mol. The van der Waals surface area contributed by atoms with Crippen molar-refractivity contribution in [2.75, 3.05) is 13.2 Å². The van der Waals surface area contributed by atoms with Crippen LogP contribution in [-0.2, 0) is 28.9 Å². The van der Waals surface area contributed by atoms with E-state index in [2.05, 4.69) is 4.98 Å². The summed E-state index contributed by atoms with van der Waals surface area (Å²) in [6.07, 6.45) is 0.0855.